The first-order chi connectivity index (χ1) is 49.9. The van der Waals surface area contributed by atoms with Gasteiger partial charge in [0.25, 0.3) is 17.7 Å². The minimum Gasteiger partial charge on any atom is -0.481 e. The van der Waals surface area contributed by atoms with Gasteiger partial charge in [-0.15, -0.1) is 0 Å². The monoisotopic (exact) mass is 1410 g/mol. The van der Waals surface area contributed by atoms with Crippen molar-refractivity contribution in [3.63, 3.8) is 0 Å². The number of piperazine rings is 2. The lowest BCUT2D eigenvalue weighted by Crippen LogP contribution is -2.51. The predicted octanol–water partition coefficient (Wildman–Crippen LogP) is 11.3. The molecule has 0 unspecified atom stereocenters. The Morgan fingerprint density at radius 3 is 1.11 bits per heavy atom. The number of carboxylic acids is 1. The Hall–Kier alpha value is -11.6. The van der Waals surface area contributed by atoms with E-state index < -0.39 is 11.6 Å². The highest BCUT2D eigenvalue weighted by Crippen LogP contribution is 2.40. The zero-order chi connectivity index (χ0) is 73.5. The van der Waals surface area contributed by atoms with E-state index in [0.717, 1.165) is 128 Å². The van der Waals surface area contributed by atoms with Gasteiger partial charge in [-0.25, -0.2) is 4.79 Å². The first-order valence-corrected chi connectivity index (χ1v) is 35.3. The van der Waals surface area contributed by atoms with Crippen LogP contribution in [0.2, 0.25) is 0 Å². The smallest absolute Gasteiger partial charge is 0.410 e. The maximum atomic E-state index is 13.8. The Morgan fingerprint density at radius 2 is 0.769 bits per heavy atom. The number of carbonyl (C=O) groups is 7. The number of amides is 6. The Kier molecular flexibility index (Phi) is 21.8. The van der Waals surface area contributed by atoms with Gasteiger partial charge in [0.2, 0.25) is 11.8 Å². The average Bonchev–Trinajstić information content (AvgIpc) is 1.56. The molecule has 6 amide bonds. The summed E-state index contributed by atoms with van der Waals surface area (Å²) < 4.78 is 10.8. The topological polar surface area (TPSA) is 270 Å². The van der Waals surface area contributed by atoms with E-state index in [1.54, 1.807) is 58.3 Å². The third kappa shape index (κ3) is 16.5. The zero-order valence-corrected chi connectivity index (χ0v) is 60.5. The molecule has 540 valence electrons. The van der Waals surface area contributed by atoms with Crippen LogP contribution in [-0.2, 0) is 79.2 Å². The van der Waals surface area contributed by atoms with Crippen molar-refractivity contribution in [2.75, 3.05) is 83.0 Å². The fourth-order valence-corrected chi connectivity index (χ4v) is 13.6. The van der Waals surface area contributed by atoms with Crippen molar-refractivity contribution in [1.82, 2.24) is 49.4 Å². The summed E-state index contributed by atoms with van der Waals surface area (Å²) in [6.07, 6.45) is 7.67. The number of anilines is 9. The summed E-state index contributed by atoms with van der Waals surface area (Å²) in [6.45, 7) is 17.9. The molecule has 0 bridgehead atoms. The number of para-hydroxylation sites is 6. The van der Waals surface area contributed by atoms with E-state index in [0.29, 0.717) is 94.6 Å². The highest BCUT2D eigenvalue weighted by atomic mass is 16.6. The number of ether oxygens (including phenoxy) is 1. The van der Waals surface area contributed by atoms with Crippen molar-refractivity contribution in [1.29, 1.82) is 0 Å². The number of nitrogens with zero attached hydrogens (tertiary/aromatic N) is 12. The lowest BCUT2D eigenvalue weighted by atomic mass is 10.00. The van der Waals surface area contributed by atoms with Crippen molar-refractivity contribution in [3.05, 3.63) is 213 Å². The summed E-state index contributed by atoms with van der Waals surface area (Å²) >= 11 is 0. The van der Waals surface area contributed by atoms with Gasteiger partial charge >= 0.3 is 12.1 Å². The molecule has 14 rings (SSSR count). The van der Waals surface area contributed by atoms with Crippen molar-refractivity contribution in [2.24, 2.45) is 21.1 Å². The Morgan fingerprint density at radius 1 is 0.442 bits per heavy atom. The fourth-order valence-electron chi connectivity index (χ4n) is 13.6. The molecule has 0 saturated carbocycles. The zero-order valence-electron chi connectivity index (χ0n) is 60.5. The number of rotatable bonds is 12. The van der Waals surface area contributed by atoms with Gasteiger partial charge in [-0.2, -0.15) is 15.3 Å². The summed E-state index contributed by atoms with van der Waals surface area (Å²) in [4.78, 5) is 100. The molecular weight excluding hydrogens is 1320 g/mol. The van der Waals surface area contributed by atoms with E-state index in [-0.39, 0.29) is 42.0 Å². The highest BCUT2D eigenvalue weighted by molar-refractivity contribution is 6.10. The molecule has 2 fully saturated rings. The number of aliphatic carboxylic acids is 1. The van der Waals surface area contributed by atoms with E-state index in [2.05, 4.69) is 36.6 Å². The quantitative estimate of drug-likeness (QED) is 0.0761. The molecule has 0 atom stereocenters. The van der Waals surface area contributed by atoms with E-state index in [1.807, 2.05) is 194 Å². The van der Waals surface area contributed by atoms with E-state index in [1.165, 1.54) is 0 Å². The molecular formula is C79H90N16O9. The molecule has 3 aromatic heterocycles. The number of hydrogen-bond acceptors (Lipinski definition) is 15. The lowest BCUT2D eigenvalue weighted by Gasteiger charge is -2.35. The van der Waals surface area contributed by atoms with Crippen molar-refractivity contribution in [3.8, 4) is 0 Å². The summed E-state index contributed by atoms with van der Waals surface area (Å²) in [5.74, 6) is 1.80. The number of fused-ring (bicyclic) bond motifs is 6. The van der Waals surface area contributed by atoms with Crippen LogP contribution >= 0.6 is 0 Å². The number of aryl methyl sites for hydroxylation is 9. The first-order valence-electron chi connectivity index (χ1n) is 35.3. The molecule has 25 nitrogen and oxygen atoms in total. The SMILES string of the molecule is Cc1cc(C(=O)N2Cc3cnn(C)c3Nc3ccccc32)ccc1CCC(=O)N1CCN(C(=O)OC(C)(C)C)CC1.Cc1cc(C(=O)N2Cc3cnn(C)c3Nc3ccccc32)ccc1CCC(=O)N1CCNCC1.Cc1cc(C(=O)N2Cc3cnn(C)c3Nc3ccccc32)ccc1CCC(=O)O. The van der Waals surface area contributed by atoms with Crippen LogP contribution in [-0.4, -0.2) is 149 Å². The molecule has 5 aliphatic heterocycles. The van der Waals surface area contributed by atoms with Gasteiger partial charge in [-0.1, -0.05) is 54.6 Å². The summed E-state index contributed by atoms with van der Waals surface area (Å²) in [5, 5.41) is 35.4. The Bertz CT molecular complexity index is 4720. The average molecular weight is 1410 g/mol. The molecule has 104 heavy (non-hydrogen) atoms. The highest BCUT2D eigenvalue weighted by Gasteiger charge is 2.33. The van der Waals surface area contributed by atoms with Crippen LogP contribution in [0.5, 0.6) is 0 Å². The van der Waals surface area contributed by atoms with Gasteiger partial charge in [0.05, 0.1) is 72.3 Å². The molecule has 8 heterocycles. The summed E-state index contributed by atoms with van der Waals surface area (Å²) in [5.41, 5.74) is 15.1. The summed E-state index contributed by atoms with van der Waals surface area (Å²) in [7, 11) is 5.63. The van der Waals surface area contributed by atoms with Crippen LogP contribution < -0.4 is 36.0 Å². The number of carboxylic acid groups (broad SMARTS) is 1. The minimum atomic E-state index is -0.828. The number of hydrogen-bond donors (Lipinski definition) is 5. The molecule has 25 heteroatoms. The maximum Gasteiger partial charge on any atom is 0.410 e. The van der Waals surface area contributed by atoms with Crippen LogP contribution in [0.3, 0.4) is 0 Å². The number of nitrogens with one attached hydrogen (secondary N) is 4. The van der Waals surface area contributed by atoms with Gasteiger partial charge in [0.1, 0.15) is 23.1 Å². The third-order valence-electron chi connectivity index (χ3n) is 19.5. The molecule has 0 radical (unpaired) electrons. The molecule has 5 N–H and O–H groups in total. The molecule has 0 spiro atoms. The van der Waals surface area contributed by atoms with Crippen LogP contribution in [0, 0.1) is 20.8 Å². The van der Waals surface area contributed by atoms with E-state index in [4.69, 9.17) is 9.84 Å². The van der Waals surface area contributed by atoms with Crippen LogP contribution in [0.4, 0.5) is 56.4 Å². The molecule has 6 aromatic carbocycles. The first kappa shape index (κ1) is 72.2. The molecule has 2 saturated heterocycles. The van der Waals surface area contributed by atoms with Gasteiger partial charge in [0, 0.05) is 126 Å². The standard InChI is InChI=1S/C31H38N6O4.C26H30N6O2.C22H22N4O3/c1-21-18-23(29(39)37-20-24-19-32-34(5)28(24)33-25-8-6-7-9-26(25)37)11-10-22(21)12-13-27(38)35-14-16-36(17-15-35)30(40)41-31(2,3)4;1-18-15-20(8-7-19(18)9-10-24(33)31-13-11-27-12-14-31)26(34)32-17-21-16-28-30(2)25(21)29-22-5-3-4-6-23(22)32;1-14-11-16(8-7-15(14)9-10-20(27)28)22(29)26-13-17-12-23-25(2)21(17)24-18-5-3-4-6-19(18)26/h6-11,18-19,33H,12-17,20H2,1-5H3;3-8,15-16,27,29H,9-14,17H2,1-2H3;3-8,11-12,24H,9-10,13H2,1-2H3,(H,27,28). The largest absolute Gasteiger partial charge is 0.481 e. The molecule has 0 aliphatic carbocycles. The number of carbonyl (C=O) groups excluding carboxylic acids is 6. The minimum absolute atomic E-state index is 0.0579. The van der Waals surface area contributed by atoms with Gasteiger partial charge in [-0.05, 0) is 167 Å². The summed E-state index contributed by atoms with van der Waals surface area (Å²) in [6, 6.07) is 40.3. The van der Waals surface area contributed by atoms with E-state index in [9.17, 15) is 33.6 Å². The van der Waals surface area contributed by atoms with Crippen molar-refractivity contribution in [2.45, 2.75) is 105 Å². The second-order valence-electron chi connectivity index (χ2n) is 27.8. The van der Waals surface area contributed by atoms with Crippen molar-refractivity contribution >= 4 is 93.2 Å². The Labute approximate surface area is 605 Å². The maximum absolute atomic E-state index is 13.8. The third-order valence-corrected chi connectivity index (χ3v) is 19.5. The number of benzene rings is 6. The van der Waals surface area contributed by atoms with Crippen LogP contribution in [0.25, 0.3) is 0 Å². The normalized spacial score (nSPS) is 14.4. The molecule has 5 aliphatic rings. The van der Waals surface area contributed by atoms with Crippen molar-refractivity contribution < 1.29 is 43.4 Å². The Balaban J connectivity index is 0.000000149. The van der Waals surface area contributed by atoms with Crippen LogP contribution in [0.1, 0.15) is 121 Å². The molecule has 9 aromatic rings. The number of aromatic nitrogens is 6. The van der Waals surface area contributed by atoms with Gasteiger partial charge in [-0.3, -0.25) is 42.8 Å². The van der Waals surface area contributed by atoms with Gasteiger partial charge in [0.15, 0.2) is 0 Å². The van der Waals surface area contributed by atoms with Gasteiger partial charge < -0.3 is 60.5 Å². The lowest BCUT2D eigenvalue weighted by molar-refractivity contribution is -0.137. The predicted molar refractivity (Wildman–Crippen MR) is 400 cm³/mol. The van der Waals surface area contributed by atoms with Crippen LogP contribution in [0.15, 0.2) is 146 Å². The fraction of sp³-hybridized carbons (Fsp3) is 0.342. The second kappa shape index (κ2) is 31.3. The second-order valence-corrected chi connectivity index (χ2v) is 27.8. The van der Waals surface area contributed by atoms with E-state index >= 15 is 0 Å².